The van der Waals surface area contributed by atoms with Gasteiger partial charge in [-0.1, -0.05) is 12.1 Å². The molecule has 0 aliphatic carbocycles. The van der Waals surface area contributed by atoms with E-state index in [9.17, 15) is 0 Å². The summed E-state index contributed by atoms with van der Waals surface area (Å²) >= 11 is 1.20. The molecule has 0 unspecified atom stereocenters. The maximum absolute atomic E-state index is 5.44. The van der Waals surface area contributed by atoms with Gasteiger partial charge in [-0.15, -0.1) is 5.10 Å². The lowest BCUT2D eigenvalue weighted by Crippen LogP contribution is -2.06. The molecule has 0 fully saturated rings. The van der Waals surface area contributed by atoms with E-state index in [2.05, 4.69) is 29.2 Å². The largest absolute Gasteiger partial charge is 0.496 e. The number of methoxy groups -OCH3 is 2. The topological polar surface area (TPSA) is 94.9 Å². The van der Waals surface area contributed by atoms with Crippen molar-refractivity contribution in [2.24, 2.45) is 0 Å². The summed E-state index contributed by atoms with van der Waals surface area (Å²) in [6.45, 7) is 0.543. The highest BCUT2D eigenvalue weighted by atomic mass is 32.1. The molecule has 8 nitrogen and oxygen atoms in total. The van der Waals surface area contributed by atoms with E-state index >= 15 is 0 Å². The first kappa shape index (κ1) is 17.1. The van der Waals surface area contributed by atoms with Gasteiger partial charge in [0.15, 0.2) is 0 Å². The van der Waals surface area contributed by atoms with Gasteiger partial charge in [0.2, 0.25) is 5.95 Å². The average Bonchev–Trinajstić information content (AvgIpc) is 3.19. The Kier molecular flexibility index (Phi) is 4.75. The van der Waals surface area contributed by atoms with E-state index in [-0.39, 0.29) is 0 Å². The van der Waals surface area contributed by atoms with Crippen LogP contribution in [0.15, 0.2) is 42.6 Å². The van der Waals surface area contributed by atoms with Crippen LogP contribution in [0.2, 0.25) is 0 Å². The predicted octanol–water partition coefficient (Wildman–Crippen LogP) is 3.17. The van der Waals surface area contributed by atoms with Crippen LogP contribution in [0.5, 0.6) is 11.5 Å². The second kappa shape index (κ2) is 7.50. The molecule has 4 aromatic rings. The zero-order chi connectivity index (χ0) is 18.6. The van der Waals surface area contributed by atoms with Crippen molar-refractivity contribution in [3.8, 4) is 22.8 Å². The van der Waals surface area contributed by atoms with Gasteiger partial charge in [0.25, 0.3) is 0 Å². The quantitative estimate of drug-likeness (QED) is 0.545. The molecule has 136 valence electrons. The predicted molar refractivity (Wildman–Crippen MR) is 103 cm³/mol. The van der Waals surface area contributed by atoms with E-state index in [0.29, 0.717) is 29.7 Å². The molecule has 4 rings (SSSR count). The molecular formula is C18H16N6O2S. The molecule has 1 N–H and O–H groups in total. The van der Waals surface area contributed by atoms with E-state index in [1.54, 1.807) is 20.4 Å². The lowest BCUT2D eigenvalue weighted by Gasteiger charge is -2.12. The van der Waals surface area contributed by atoms with Crippen molar-refractivity contribution in [2.75, 3.05) is 19.5 Å². The maximum atomic E-state index is 5.44. The standard InChI is InChI=1S/C18H16N6O2S/c1-25-15-4-3-5-16(26-2)17(15)14-10-20-22-18(21-14)19-9-11-6-7-12-13(8-11)24-27-23-12/h3-8,10H,9H2,1-2H3,(H,19,21,22). The summed E-state index contributed by atoms with van der Waals surface area (Å²) in [6, 6.07) is 11.5. The van der Waals surface area contributed by atoms with Gasteiger partial charge in [0.05, 0.1) is 37.7 Å². The van der Waals surface area contributed by atoms with Crippen molar-refractivity contribution in [3.05, 3.63) is 48.2 Å². The minimum absolute atomic E-state index is 0.414. The molecule has 0 aliphatic heterocycles. The van der Waals surface area contributed by atoms with Crippen LogP contribution in [0.25, 0.3) is 22.3 Å². The Bertz CT molecular complexity index is 1060. The first-order valence-corrected chi connectivity index (χ1v) is 8.87. The molecule has 9 heteroatoms. The van der Waals surface area contributed by atoms with Crippen LogP contribution in [0.3, 0.4) is 0 Å². The minimum atomic E-state index is 0.414. The zero-order valence-corrected chi connectivity index (χ0v) is 15.5. The van der Waals surface area contributed by atoms with Crippen LogP contribution in [0.4, 0.5) is 5.95 Å². The van der Waals surface area contributed by atoms with E-state index in [1.807, 2.05) is 36.4 Å². The first-order valence-electron chi connectivity index (χ1n) is 8.14. The molecule has 27 heavy (non-hydrogen) atoms. The second-order valence-corrected chi connectivity index (χ2v) is 6.17. The van der Waals surface area contributed by atoms with Crippen LogP contribution in [-0.4, -0.2) is 38.1 Å². The van der Waals surface area contributed by atoms with Gasteiger partial charge in [0.1, 0.15) is 28.2 Å². The third-order valence-corrected chi connectivity index (χ3v) is 4.57. The van der Waals surface area contributed by atoms with Crippen molar-refractivity contribution in [3.63, 3.8) is 0 Å². The van der Waals surface area contributed by atoms with Crippen LogP contribution in [0, 0.1) is 0 Å². The highest BCUT2D eigenvalue weighted by Gasteiger charge is 2.15. The van der Waals surface area contributed by atoms with Gasteiger partial charge < -0.3 is 14.8 Å². The summed E-state index contributed by atoms with van der Waals surface area (Å²) in [5, 5.41) is 11.3. The number of benzene rings is 2. The lowest BCUT2D eigenvalue weighted by molar-refractivity contribution is 0.397. The molecule has 0 saturated heterocycles. The molecular weight excluding hydrogens is 364 g/mol. The SMILES string of the molecule is COc1cccc(OC)c1-c1cnnc(NCc2ccc3nsnc3c2)n1. The van der Waals surface area contributed by atoms with Gasteiger partial charge in [-0.25, -0.2) is 4.98 Å². The fraction of sp³-hybridized carbons (Fsp3) is 0.167. The molecule has 0 radical (unpaired) electrons. The molecule has 0 aliphatic rings. The lowest BCUT2D eigenvalue weighted by atomic mass is 10.1. The van der Waals surface area contributed by atoms with Gasteiger partial charge in [-0.3, -0.25) is 0 Å². The molecule has 2 heterocycles. The van der Waals surface area contributed by atoms with Crippen molar-refractivity contribution < 1.29 is 9.47 Å². The normalized spacial score (nSPS) is 10.7. The number of rotatable bonds is 6. The number of hydrogen-bond donors (Lipinski definition) is 1. The number of hydrogen-bond acceptors (Lipinski definition) is 9. The average molecular weight is 380 g/mol. The maximum Gasteiger partial charge on any atom is 0.243 e. The van der Waals surface area contributed by atoms with Gasteiger partial charge >= 0.3 is 0 Å². The number of nitrogens with one attached hydrogen (secondary N) is 1. The summed E-state index contributed by atoms with van der Waals surface area (Å²) in [7, 11) is 3.21. The molecule has 0 amide bonds. The number of nitrogens with zero attached hydrogens (tertiary/aromatic N) is 5. The van der Waals surface area contributed by atoms with Gasteiger partial charge in [-0.2, -0.15) is 13.8 Å². The fourth-order valence-corrected chi connectivity index (χ4v) is 3.24. The molecule has 0 spiro atoms. The Morgan fingerprint density at radius 1 is 1.00 bits per heavy atom. The number of ether oxygens (including phenoxy) is 2. The molecule has 0 atom stereocenters. The van der Waals surface area contributed by atoms with Crippen LogP contribution in [0.1, 0.15) is 5.56 Å². The monoisotopic (exact) mass is 380 g/mol. The Balaban J connectivity index is 1.59. The number of aromatic nitrogens is 5. The molecule has 2 aromatic heterocycles. The molecule has 0 saturated carbocycles. The summed E-state index contributed by atoms with van der Waals surface area (Å²) in [4.78, 5) is 4.56. The number of anilines is 1. The van der Waals surface area contributed by atoms with E-state index in [4.69, 9.17) is 9.47 Å². The smallest absolute Gasteiger partial charge is 0.243 e. The van der Waals surface area contributed by atoms with E-state index in [1.165, 1.54) is 11.7 Å². The summed E-state index contributed by atoms with van der Waals surface area (Å²) < 4.78 is 19.4. The van der Waals surface area contributed by atoms with Gasteiger partial charge in [0, 0.05) is 6.54 Å². The summed E-state index contributed by atoms with van der Waals surface area (Å²) in [6.07, 6.45) is 1.58. The first-order chi connectivity index (χ1) is 13.3. The third-order valence-electron chi connectivity index (χ3n) is 4.01. The Morgan fingerprint density at radius 3 is 2.56 bits per heavy atom. The van der Waals surface area contributed by atoms with Crippen LogP contribution < -0.4 is 14.8 Å². The summed E-state index contributed by atoms with van der Waals surface area (Å²) in [5.41, 5.74) is 4.17. The fourth-order valence-electron chi connectivity index (χ4n) is 2.72. The second-order valence-electron chi connectivity index (χ2n) is 5.64. The van der Waals surface area contributed by atoms with Crippen LogP contribution in [-0.2, 0) is 6.54 Å². The van der Waals surface area contributed by atoms with E-state index in [0.717, 1.165) is 22.2 Å². The van der Waals surface area contributed by atoms with Gasteiger partial charge in [-0.05, 0) is 29.8 Å². The Morgan fingerprint density at radius 2 is 1.78 bits per heavy atom. The van der Waals surface area contributed by atoms with Crippen molar-refractivity contribution in [2.45, 2.75) is 6.54 Å². The van der Waals surface area contributed by atoms with Crippen molar-refractivity contribution in [1.82, 2.24) is 23.9 Å². The highest BCUT2D eigenvalue weighted by Crippen LogP contribution is 2.36. The number of fused-ring (bicyclic) bond motifs is 1. The highest BCUT2D eigenvalue weighted by molar-refractivity contribution is 7.00. The zero-order valence-electron chi connectivity index (χ0n) is 14.7. The molecule has 0 bridgehead atoms. The Hall–Kier alpha value is -3.33. The molecule has 2 aromatic carbocycles. The van der Waals surface area contributed by atoms with E-state index < -0.39 is 0 Å². The van der Waals surface area contributed by atoms with Crippen molar-refractivity contribution in [1.29, 1.82) is 0 Å². The Labute approximate surface area is 159 Å². The van der Waals surface area contributed by atoms with Crippen LogP contribution >= 0.6 is 11.7 Å². The summed E-state index contributed by atoms with van der Waals surface area (Å²) in [5.74, 6) is 1.72. The van der Waals surface area contributed by atoms with Crippen molar-refractivity contribution >= 4 is 28.7 Å². The third kappa shape index (κ3) is 3.49. The minimum Gasteiger partial charge on any atom is -0.496 e.